The van der Waals surface area contributed by atoms with Crippen LogP contribution in [-0.4, -0.2) is 32.6 Å². The number of hydrogen-bond donors (Lipinski definition) is 2. The van der Waals surface area contributed by atoms with Crippen LogP contribution in [-0.2, 0) is 32.5 Å². The van der Waals surface area contributed by atoms with E-state index in [0.29, 0.717) is 45.1 Å². The first-order valence-corrected chi connectivity index (χ1v) is 33.2. The number of halogens is 2. The summed E-state index contributed by atoms with van der Waals surface area (Å²) in [4.78, 5) is 0. The molecular formula is C84H102F2N2O4. The second kappa shape index (κ2) is 23.5. The Morgan fingerprint density at radius 3 is 0.913 bits per heavy atom. The Balaban J connectivity index is 1.22. The second-order valence-corrected chi connectivity index (χ2v) is 34.6. The van der Waals surface area contributed by atoms with E-state index in [1.54, 1.807) is 12.1 Å². The van der Waals surface area contributed by atoms with Gasteiger partial charge in [-0.05, 0) is 174 Å². The average Bonchev–Trinajstić information content (AvgIpc) is 1.65. The van der Waals surface area contributed by atoms with Crippen molar-refractivity contribution in [2.24, 2.45) is 16.7 Å². The van der Waals surface area contributed by atoms with Gasteiger partial charge in [-0.15, -0.1) is 0 Å². The topological polar surface area (TPSA) is 68.8 Å². The van der Waals surface area contributed by atoms with Gasteiger partial charge in [-0.1, -0.05) is 208 Å². The summed E-state index contributed by atoms with van der Waals surface area (Å²) >= 11 is 0. The second-order valence-electron chi connectivity index (χ2n) is 34.6. The Bertz CT molecular complexity index is 4040. The Labute approximate surface area is 548 Å². The first-order chi connectivity index (χ1) is 42.4. The van der Waals surface area contributed by atoms with Crippen molar-refractivity contribution in [3.63, 3.8) is 0 Å². The molecule has 0 aliphatic rings. The molecule has 8 heteroatoms. The van der Waals surface area contributed by atoms with Crippen LogP contribution in [0.1, 0.15) is 205 Å². The maximum Gasteiger partial charge on any atom is 0.151 e. The van der Waals surface area contributed by atoms with E-state index >= 15 is 8.78 Å². The first kappa shape index (κ1) is 67.3. The van der Waals surface area contributed by atoms with Crippen molar-refractivity contribution in [2.45, 2.75) is 205 Å². The monoisotopic (exact) mass is 1240 g/mol. The summed E-state index contributed by atoms with van der Waals surface area (Å²) in [6.45, 7) is 51.7. The van der Waals surface area contributed by atoms with Crippen LogP contribution in [0.15, 0.2) is 133 Å². The summed E-state index contributed by atoms with van der Waals surface area (Å²) in [6, 6.07) is 43.7. The number of nitrogens with zero attached hydrogens (tertiary/aromatic N) is 2. The lowest BCUT2D eigenvalue weighted by Gasteiger charge is -2.36. The average molecular weight is 1240 g/mol. The third-order valence-corrected chi connectivity index (χ3v) is 18.6. The number of phenols is 2. The molecule has 0 spiro atoms. The molecule has 2 aromatic heterocycles. The summed E-state index contributed by atoms with van der Waals surface area (Å²) in [6.07, 6.45) is 1.50. The molecule has 0 bridgehead atoms. The Morgan fingerprint density at radius 2 is 0.663 bits per heavy atom. The van der Waals surface area contributed by atoms with Crippen molar-refractivity contribution in [1.82, 2.24) is 9.13 Å². The van der Waals surface area contributed by atoms with Crippen LogP contribution < -0.4 is 9.47 Å². The van der Waals surface area contributed by atoms with Crippen molar-refractivity contribution in [1.29, 1.82) is 0 Å². The first-order valence-electron chi connectivity index (χ1n) is 33.2. The third kappa shape index (κ3) is 13.3. The molecule has 2 N–H and O–H groups in total. The van der Waals surface area contributed by atoms with Crippen LogP contribution in [0.2, 0.25) is 0 Å². The molecule has 6 nitrogen and oxygen atoms in total. The van der Waals surface area contributed by atoms with E-state index in [0.717, 1.165) is 67.6 Å². The number of phenolic OH excluding ortho intramolecular Hbond substituents is 2. The molecule has 0 atom stereocenters. The minimum Gasteiger partial charge on any atom is -0.505 e. The molecule has 0 unspecified atom stereocenters. The van der Waals surface area contributed by atoms with E-state index in [1.807, 2.05) is 24.3 Å². The van der Waals surface area contributed by atoms with Gasteiger partial charge in [-0.2, -0.15) is 0 Å². The van der Waals surface area contributed by atoms with Crippen LogP contribution in [0.5, 0.6) is 23.0 Å². The summed E-state index contributed by atoms with van der Waals surface area (Å²) in [5, 5.41) is 31.1. The zero-order valence-electron chi connectivity index (χ0n) is 59.5. The molecule has 486 valence electrons. The summed E-state index contributed by atoms with van der Waals surface area (Å²) in [7, 11) is 0. The van der Waals surface area contributed by atoms with Crippen LogP contribution in [0.3, 0.4) is 0 Å². The molecule has 0 radical (unpaired) electrons. The maximum atomic E-state index is 15.6. The number of aromatic hydroxyl groups is 2. The summed E-state index contributed by atoms with van der Waals surface area (Å²) in [5.41, 5.74) is 11.2. The summed E-state index contributed by atoms with van der Waals surface area (Å²) in [5.74, 6) is -0.0927. The highest BCUT2D eigenvalue weighted by Gasteiger charge is 2.38. The van der Waals surface area contributed by atoms with Crippen molar-refractivity contribution < 1.29 is 28.5 Å². The predicted octanol–water partition coefficient (Wildman–Crippen LogP) is 23.6. The Morgan fingerprint density at radius 1 is 0.380 bits per heavy atom. The van der Waals surface area contributed by atoms with Gasteiger partial charge in [0.05, 0.1) is 35.3 Å². The highest BCUT2D eigenvalue weighted by molar-refractivity contribution is 6.12. The van der Waals surface area contributed by atoms with Gasteiger partial charge in [0.1, 0.15) is 23.0 Å². The van der Waals surface area contributed by atoms with Crippen molar-refractivity contribution in [3.05, 3.63) is 178 Å². The number of ether oxygens (including phenoxy) is 2. The zero-order valence-corrected chi connectivity index (χ0v) is 59.5. The fraction of sp³-hybridized carbons (Fsp3) is 0.429. The number of fused-ring (bicyclic) bond motifs is 6. The molecule has 10 rings (SSSR count). The molecule has 10 aromatic rings. The molecular weight excluding hydrogens is 1140 g/mol. The van der Waals surface area contributed by atoms with Crippen LogP contribution in [0.4, 0.5) is 8.78 Å². The predicted molar refractivity (Wildman–Crippen MR) is 385 cm³/mol. The van der Waals surface area contributed by atoms with Gasteiger partial charge in [0.15, 0.2) is 23.0 Å². The van der Waals surface area contributed by atoms with E-state index in [-0.39, 0.29) is 63.1 Å². The lowest BCUT2D eigenvalue weighted by atomic mass is 9.71. The van der Waals surface area contributed by atoms with Gasteiger partial charge in [0, 0.05) is 49.7 Å². The highest BCUT2D eigenvalue weighted by atomic mass is 19.1. The van der Waals surface area contributed by atoms with Crippen molar-refractivity contribution >= 4 is 43.6 Å². The maximum absolute atomic E-state index is 15.6. The normalized spacial score (nSPS) is 13.4. The standard InChI is InChI=1S/C84H102F2N2O4/c1-50(46-91-75-65(83(20,21)48-77(2,3)4)44-59(51-26-24-28-57(85)38-51)73(89)71(75)87-67-34-30-53(79(8,9)10)40-61(67)62-41-54(80(11,12)13)31-35-68(62)87)47-92-76-66(84(22,23)49-78(5,6)7)45-60(52-27-25-29-58(86)39-52)74(90)72(76)88-69-36-32-55(81(14,15)16)42-63(69)64-43-56(82(17,18)19)33-37-70(64)88/h24-45,50,89-90H,46-49H2,1-23H3. The summed E-state index contributed by atoms with van der Waals surface area (Å²) < 4.78 is 50.6. The van der Waals surface area contributed by atoms with Gasteiger partial charge in [0.2, 0.25) is 0 Å². The van der Waals surface area contributed by atoms with E-state index in [9.17, 15) is 10.2 Å². The minimum atomic E-state index is -0.553. The van der Waals surface area contributed by atoms with Gasteiger partial charge in [-0.25, -0.2) is 8.78 Å². The quantitative estimate of drug-likeness (QED) is 0.114. The molecule has 92 heavy (non-hydrogen) atoms. The van der Waals surface area contributed by atoms with Gasteiger partial charge < -0.3 is 28.8 Å². The fourth-order valence-electron chi connectivity index (χ4n) is 14.5. The zero-order chi connectivity index (χ0) is 67.5. The molecule has 0 aliphatic carbocycles. The Hall–Kier alpha value is -7.58. The largest absolute Gasteiger partial charge is 0.505 e. The van der Waals surface area contributed by atoms with Crippen molar-refractivity contribution in [2.75, 3.05) is 13.2 Å². The molecule has 2 heterocycles. The number of hydrogen-bond acceptors (Lipinski definition) is 4. The van der Waals surface area contributed by atoms with E-state index < -0.39 is 22.5 Å². The van der Waals surface area contributed by atoms with Crippen LogP contribution in [0.25, 0.3) is 77.2 Å². The van der Waals surface area contributed by atoms with Gasteiger partial charge >= 0.3 is 0 Å². The fourth-order valence-corrected chi connectivity index (χ4v) is 14.5. The smallest absolute Gasteiger partial charge is 0.151 e. The third-order valence-electron chi connectivity index (χ3n) is 18.6. The molecule has 0 amide bonds. The van der Waals surface area contributed by atoms with Crippen LogP contribution in [0, 0.1) is 28.4 Å². The number of aromatic nitrogens is 2. The molecule has 0 fully saturated rings. The van der Waals surface area contributed by atoms with E-state index in [4.69, 9.17) is 9.47 Å². The van der Waals surface area contributed by atoms with Gasteiger partial charge in [0.25, 0.3) is 0 Å². The molecule has 0 aliphatic heterocycles. The van der Waals surface area contributed by atoms with E-state index in [2.05, 4.69) is 241 Å². The lowest BCUT2D eigenvalue weighted by Crippen LogP contribution is -2.28. The SMILES string of the molecule is CC(COc1c(C(C)(C)CC(C)(C)C)cc(-c2cccc(F)c2)c(O)c1-n1c2ccc(C(C)(C)C)cc2c2cc(C(C)(C)C)ccc21)COc1c(C(C)(C)CC(C)(C)C)cc(-c2cccc(F)c2)c(O)c1-n1c2ccc(C(C)(C)C)cc2c2cc(C(C)(C)C)ccc21. The molecule has 8 aromatic carbocycles. The molecule has 0 saturated heterocycles. The number of benzene rings is 8. The number of rotatable bonds is 14. The van der Waals surface area contributed by atoms with Crippen LogP contribution >= 0.6 is 0 Å². The van der Waals surface area contributed by atoms with Crippen molar-refractivity contribution in [3.8, 4) is 56.6 Å². The highest BCUT2D eigenvalue weighted by Crippen LogP contribution is 2.55. The Kier molecular flexibility index (Phi) is 17.2. The van der Waals surface area contributed by atoms with E-state index in [1.165, 1.54) is 46.5 Å². The minimum absolute atomic E-state index is 0.0250. The molecule has 0 saturated carbocycles. The lowest BCUT2D eigenvalue weighted by molar-refractivity contribution is 0.180. The van der Waals surface area contributed by atoms with Gasteiger partial charge in [-0.3, -0.25) is 0 Å².